The minimum atomic E-state index is -2.91. The molecule has 1 rings (SSSR count). The molecule has 0 heterocycles. The zero-order chi connectivity index (χ0) is 14.9. The number of esters is 2. The first kappa shape index (κ1) is 15.9. The van der Waals surface area contributed by atoms with E-state index in [9.17, 15) is 18.4 Å². The standard InChI is InChI=1S/C13H20F2O4/c1-5-18-10(17)12(7-13(14,15)8-12)6-9(16)19-11(2,3)4/h5-8H2,1-4H3. The number of rotatable bonds is 4. The second kappa shape index (κ2) is 5.06. The number of halogens is 2. The fourth-order valence-corrected chi connectivity index (χ4v) is 2.22. The van der Waals surface area contributed by atoms with Gasteiger partial charge < -0.3 is 9.47 Å². The van der Waals surface area contributed by atoms with Crippen molar-refractivity contribution in [3.8, 4) is 0 Å². The Morgan fingerprint density at radius 3 is 2.11 bits per heavy atom. The second-order valence-corrected chi connectivity index (χ2v) is 5.97. The van der Waals surface area contributed by atoms with Crippen molar-refractivity contribution in [3.05, 3.63) is 0 Å². The molecule has 0 atom stereocenters. The maximum Gasteiger partial charge on any atom is 0.313 e. The Bertz CT molecular complexity index is 363. The number of ether oxygens (including phenoxy) is 2. The fraction of sp³-hybridized carbons (Fsp3) is 0.846. The van der Waals surface area contributed by atoms with Crippen molar-refractivity contribution in [1.82, 2.24) is 0 Å². The third-order valence-electron chi connectivity index (χ3n) is 2.81. The molecule has 1 aliphatic carbocycles. The van der Waals surface area contributed by atoms with E-state index in [-0.39, 0.29) is 13.0 Å². The van der Waals surface area contributed by atoms with Crippen molar-refractivity contribution in [2.75, 3.05) is 6.61 Å². The Labute approximate surface area is 111 Å². The van der Waals surface area contributed by atoms with Crippen molar-refractivity contribution in [1.29, 1.82) is 0 Å². The lowest BCUT2D eigenvalue weighted by molar-refractivity contribution is -0.205. The summed E-state index contributed by atoms with van der Waals surface area (Å²) in [6.07, 6.45) is -1.67. The maximum absolute atomic E-state index is 13.1. The smallest absolute Gasteiger partial charge is 0.313 e. The van der Waals surface area contributed by atoms with E-state index in [4.69, 9.17) is 9.47 Å². The van der Waals surface area contributed by atoms with Crippen LogP contribution in [0.25, 0.3) is 0 Å². The summed E-state index contributed by atoms with van der Waals surface area (Å²) in [6.45, 7) is 6.72. The van der Waals surface area contributed by atoms with Gasteiger partial charge in [0.2, 0.25) is 5.92 Å². The third-order valence-corrected chi connectivity index (χ3v) is 2.81. The predicted molar refractivity (Wildman–Crippen MR) is 63.7 cm³/mol. The summed E-state index contributed by atoms with van der Waals surface area (Å²) in [5, 5.41) is 0. The molecule has 1 aliphatic rings. The first-order valence-electron chi connectivity index (χ1n) is 6.27. The van der Waals surface area contributed by atoms with Gasteiger partial charge in [-0.2, -0.15) is 0 Å². The van der Waals surface area contributed by atoms with Gasteiger partial charge in [-0.25, -0.2) is 8.78 Å². The molecular formula is C13H20F2O4. The summed E-state index contributed by atoms with van der Waals surface area (Å²) in [7, 11) is 0. The van der Waals surface area contributed by atoms with Crippen LogP contribution in [0.4, 0.5) is 8.78 Å². The molecule has 1 saturated carbocycles. The van der Waals surface area contributed by atoms with Crippen LogP contribution < -0.4 is 0 Å². The first-order valence-corrected chi connectivity index (χ1v) is 6.27. The molecule has 4 nitrogen and oxygen atoms in total. The molecule has 0 aromatic heterocycles. The van der Waals surface area contributed by atoms with Crippen LogP contribution in [0.5, 0.6) is 0 Å². The van der Waals surface area contributed by atoms with Gasteiger partial charge in [-0.1, -0.05) is 0 Å². The zero-order valence-electron chi connectivity index (χ0n) is 11.7. The van der Waals surface area contributed by atoms with E-state index in [0.29, 0.717) is 0 Å². The van der Waals surface area contributed by atoms with Gasteiger partial charge in [0.05, 0.1) is 18.4 Å². The monoisotopic (exact) mass is 278 g/mol. The van der Waals surface area contributed by atoms with Crippen LogP contribution in [0, 0.1) is 5.41 Å². The molecule has 1 fully saturated rings. The largest absolute Gasteiger partial charge is 0.466 e. The quantitative estimate of drug-likeness (QED) is 0.742. The molecule has 0 unspecified atom stereocenters. The number of hydrogen-bond donors (Lipinski definition) is 0. The average molecular weight is 278 g/mol. The molecule has 110 valence electrons. The van der Waals surface area contributed by atoms with Gasteiger partial charge in [0, 0.05) is 12.8 Å². The van der Waals surface area contributed by atoms with Crippen molar-refractivity contribution in [3.63, 3.8) is 0 Å². The van der Waals surface area contributed by atoms with Gasteiger partial charge in [0.1, 0.15) is 5.60 Å². The van der Waals surface area contributed by atoms with Crippen molar-refractivity contribution in [2.24, 2.45) is 5.41 Å². The highest BCUT2D eigenvalue weighted by Gasteiger charge is 2.62. The molecule has 19 heavy (non-hydrogen) atoms. The highest BCUT2D eigenvalue weighted by Crippen LogP contribution is 2.55. The maximum atomic E-state index is 13.1. The van der Waals surface area contributed by atoms with E-state index < -0.39 is 41.7 Å². The van der Waals surface area contributed by atoms with Gasteiger partial charge in [0.25, 0.3) is 0 Å². The van der Waals surface area contributed by atoms with Gasteiger partial charge in [-0.15, -0.1) is 0 Å². The highest BCUT2D eigenvalue weighted by molar-refractivity contribution is 5.85. The van der Waals surface area contributed by atoms with Crippen LogP contribution in [0.3, 0.4) is 0 Å². The average Bonchev–Trinajstić information content (AvgIpc) is 2.11. The Morgan fingerprint density at radius 1 is 1.21 bits per heavy atom. The van der Waals surface area contributed by atoms with E-state index in [2.05, 4.69) is 0 Å². The van der Waals surface area contributed by atoms with Crippen LogP contribution in [0.15, 0.2) is 0 Å². The lowest BCUT2D eigenvalue weighted by Crippen LogP contribution is -2.53. The van der Waals surface area contributed by atoms with E-state index in [0.717, 1.165) is 0 Å². The van der Waals surface area contributed by atoms with E-state index in [1.165, 1.54) is 0 Å². The summed E-state index contributed by atoms with van der Waals surface area (Å²) < 4.78 is 36.0. The van der Waals surface area contributed by atoms with Gasteiger partial charge in [-0.3, -0.25) is 9.59 Å². The van der Waals surface area contributed by atoms with Crippen molar-refractivity contribution in [2.45, 2.75) is 58.5 Å². The number of alkyl halides is 2. The molecule has 0 saturated heterocycles. The zero-order valence-corrected chi connectivity index (χ0v) is 11.7. The normalized spacial score (nSPS) is 20.3. The minimum Gasteiger partial charge on any atom is -0.466 e. The van der Waals surface area contributed by atoms with Crippen LogP contribution in [-0.4, -0.2) is 30.1 Å². The highest BCUT2D eigenvalue weighted by atomic mass is 19.3. The van der Waals surface area contributed by atoms with E-state index >= 15 is 0 Å². The molecule has 0 radical (unpaired) electrons. The van der Waals surface area contributed by atoms with Crippen LogP contribution in [0.1, 0.15) is 47.0 Å². The summed E-state index contributed by atoms with van der Waals surface area (Å²) in [6, 6.07) is 0. The fourth-order valence-electron chi connectivity index (χ4n) is 2.22. The van der Waals surface area contributed by atoms with Gasteiger partial charge in [0.15, 0.2) is 0 Å². The number of hydrogen-bond acceptors (Lipinski definition) is 4. The lowest BCUT2D eigenvalue weighted by Gasteiger charge is -2.44. The van der Waals surface area contributed by atoms with Crippen LogP contribution in [0.2, 0.25) is 0 Å². The molecule has 0 N–H and O–H groups in total. The van der Waals surface area contributed by atoms with Crippen molar-refractivity contribution >= 4 is 11.9 Å². The summed E-state index contributed by atoms with van der Waals surface area (Å²) >= 11 is 0. The Balaban J connectivity index is 2.72. The predicted octanol–water partition coefficient (Wildman–Crippen LogP) is 2.70. The minimum absolute atomic E-state index is 0.0977. The number of carbonyl (C=O) groups is 2. The lowest BCUT2D eigenvalue weighted by atomic mass is 9.64. The molecular weight excluding hydrogens is 258 g/mol. The number of carbonyl (C=O) groups excluding carboxylic acids is 2. The Morgan fingerprint density at radius 2 is 1.74 bits per heavy atom. The molecule has 0 spiro atoms. The molecule has 0 amide bonds. The van der Waals surface area contributed by atoms with E-state index in [1.54, 1.807) is 27.7 Å². The molecule has 6 heteroatoms. The SMILES string of the molecule is CCOC(=O)C1(CC(=O)OC(C)(C)C)CC(F)(F)C1. The molecule has 0 bridgehead atoms. The van der Waals surface area contributed by atoms with Crippen LogP contribution in [-0.2, 0) is 19.1 Å². The van der Waals surface area contributed by atoms with Crippen molar-refractivity contribution < 1.29 is 27.8 Å². The topological polar surface area (TPSA) is 52.6 Å². The Kier molecular flexibility index (Phi) is 4.22. The van der Waals surface area contributed by atoms with E-state index in [1.807, 2.05) is 0 Å². The van der Waals surface area contributed by atoms with Gasteiger partial charge >= 0.3 is 11.9 Å². The second-order valence-electron chi connectivity index (χ2n) is 5.97. The molecule has 0 aliphatic heterocycles. The summed E-state index contributed by atoms with van der Waals surface area (Å²) in [5.74, 6) is -4.31. The molecule has 0 aromatic carbocycles. The molecule has 0 aromatic rings. The van der Waals surface area contributed by atoms with Crippen LogP contribution >= 0.6 is 0 Å². The van der Waals surface area contributed by atoms with Gasteiger partial charge in [-0.05, 0) is 27.7 Å². The first-order chi connectivity index (χ1) is 8.50. The Hall–Kier alpha value is -1.20. The summed E-state index contributed by atoms with van der Waals surface area (Å²) in [5.41, 5.74) is -2.14. The summed E-state index contributed by atoms with van der Waals surface area (Å²) in [4.78, 5) is 23.5. The third kappa shape index (κ3) is 4.14.